The van der Waals surface area contributed by atoms with E-state index >= 15 is 0 Å². The highest BCUT2D eigenvalue weighted by Gasteiger charge is 2.24. The van der Waals surface area contributed by atoms with Gasteiger partial charge in [0.15, 0.2) is 0 Å². The summed E-state index contributed by atoms with van der Waals surface area (Å²) in [6.45, 7) is 0. The van der Waals surface area contributed by atoms with Gasteiger partial charge in [0.25, 0.3) is 5.91 Å². The zero-order valence-electron chi connectivity index (χ0n) is 11.3. The number of thiazole rings is 1. The summed E-state index contributed by atoms with van der Waals surface area (Å²) in [5, 5.41) is 5.74. The van der Waals surface area contributed by atoms with E-state index in [1.54, 1.807) is 7.11 Å². The van der Waals surface area contributed by atoms with Gasteiger partial charge in [-0.15, -0.1) is 11.3 Å². The maximum absolute atomic E-state index is 11.9. The van der Waals surface area contributed by atoms with Crippen LogP contribution in [0.15, 0.2) is 29.6 Å². The number of aromatic nitrogens is 1. The molecule has 0 spiro atoms. The van der Waals surface area contributed by atoms with E-state index in [2.05, 4.69) is 10.3 Å². The summed E-state index contributed by atoms with van der Waals surface area (Å²) >= 11 is 1.53. The van der Waals surface area contributed by atoms with Crippen LogP contribution in [0.3, 0.4) is 0 Å². The van der Waals surface area contributed by atoms with E-state index < -0.39 is 0 Å². The molecule has 1 aliphatic rings. The number of hydrogen-bond donors (Lipinski definition) is 1. The van der Waals surface area contributed by atoms with Crippen molar-refractivity contribution in [1.29, 1.82) is 0 Å². The molecule has 5 heteroatoms. The fourth-order valence-corrected chi connectivity index (χ4v) is 2.71. The molecule has 4 nitrogen and oxygen atoms in total. The van der Waals surface area contributed by atoms with Gasteiger partial charge < -0.3 is 10.1 Å². The molecule has 0 bridgehead atoms. The van der Waals surface area contributed by atoms with Gasteiger partial charge in [0.05, 0.1) is 12.1 Å². The third kappa shape index (κ3) is 3.17. The topological polar surface area (TPSA) is 51.2 Å². The van der Waals surface area contributed by atoms with Crippen molar-refractivity contribution in [3.05, 3.63) is 45.9 Å². The third-order valence-electron chi connectivity index (χ3n) is 3.21. The molecule has 0 atom stereocenters. The fourth-order valence-electron chi connectivity index (χ4n) is 1.90. The van der Waals surface area contributed by atoms with E-state index in [1.165, 1.54) is 11.3 Å². The molecule has 1 heterocycles. The normalized spacial score (nSPS) is 14.1. The van der Waals surface area contributed by atoms with Crippen LogP contribution < -0.4 is 10.1 Å². The number of nitrogens with one attached hydrogen (secondary N) is 1. The smallest absolute Gasteiger partial charge is 0.270 e. The molecule has 1 fully saturated rings. The second-order valence-electron chi connectivity index (χ2n) is 4.90. The highest BCUT2D eigenvalue weighted by Crippen LogP contribution is 2.21. The summed E-state index contributed by atoms with van der Waals surface area (Å²) in [5.41, 5.74) is 1.69. The van der Waals surface area contributed by atoms with Crippen LogP contribution in [0.25, 0.3) is 0 Å². The number of ether oxygens (including phenoxy) is 1. The molecule has 0 unspecified atom stereocenters. The number of nitrogens with zero attached hydrogens (tertiary/aromatic N) is 1. The molecule has 3 rings (SSSR count). The van der Waals surface area contributed by atoms with Crippen molar-refractivity contribution in [3.63, 3.8) is 0 Å². The molecular weight excluding hydrogens is 272 g/mol. The molecular formula is C15H16N2O2S. The lowest BCUT2D eigenvalue weighted by atomic mass is 10.1. The Labute approximate surface area is 121 Å². The number of hydrogen-bond acceptors (Lipinski definition) is 4. The van der Waals surface area contributed by atoms with Crippen LogP contribution in [0, 0.1) is 0 Å². The predicted octanol–water partition coefficient (Wildman–Crippen LogP) is 2.63. The molecule has 0 radical (unpaired) electrons. The quantitative estimate of drug-likeness (QED) is 0.920. The Bertz CT molecular complexity index is 603. The highest BCUT2D eigenvalue weighted by molar-refractivity contribution is 7.09. The maximum Gasteiger partial charge on any atom is 0.270 e. The Morgan fingerprint density at radius 2 is 2.15 bits per heavy atom. The van der Waals surface area contributed by atoms with Crippen LogP contribution in [0.1, 0.15) is 33.9 Å². The highest BCUT2D eigenvalue weighted by atomic mass is 32.1. The minimum atomic E-state index is -0.0512. The average molecular weight is 288 g/mol. The van der Waals surface area contributed by atoms with Gasteiger partial charge in [-0.25, -0.2) is 4.98 Å². The van der Waals surface area contributed by atoms with Gasteiger partial charge in [-0.1, -0.05) is 12.1 Å². The number of carbonyl (C=O) groups excluding carboxylic acids is 1. The van der Waals surface area contributed by atoms with Gasteiger partial charge in [0, 0.05) is 17.8 Å². The van der Waals surface area contributed by atoms with Crippen molar-refractivity contribution < 1.29 is 9.53 Å². The van der Waals surface area contributed by atoms with Crippen molar-refractivity contribution in [2.45, 2.75) is 25.3 Å². The molecule has 2 aromatic rings. The number of rotatable bonds is 5. The minimum absolute atomic E-state index is 0.0512. The molecule has 0 saturated heterocycles. The van der Waals surface area contributed by atoms with E-state index in [0.29, 0.717) is 11.7 Å². The van der Waals surface area contributed by atoms with Gasteiger partial charge in [0.2, 0.25) is 0 Å². The summed E-state index contributed by atoms with van der Waals surface area (Å²) in [6.07, 6.45) is 2.93. The zero-order valence-corrected chi connectivity index (χ0v) is 12.1. The summed E-state index contributed by atoms with van der Waals surface area (Å²) in [7, 11) is 1.65. The van der Waals surface area contributed by atoms with E-state index in [1.807, 2.05) is 29.6 Å². The molecule has 1 aromatic carbocycles. The Balaban J connectivity index is 1.64. The molecule has 1 aliphatic carbocycles. The Hall–Kier alpha value is -1.88. The predicted molar refractivity (Wildman–Crippen MR) is 78.4 cm³/mol. The molecule has 20 heavy (non-hydrogen) atoms. The van der Waals surface area contributed by atoms with Crippen LogP contribution in [-0.4, -0.2) is 24.0 Å². The lowest BCUT2D eigenvalue weighted by molar-refractivity contribution is 0.0946. The lowest BCUT2D eigenvalue weighted by Crippen LogP contribution is -2.25. The second-order valence-corrected chi connectivity index (χ2v) is 5.84. The summed E-state index contributed by atoms with van der Waals surface area (Å²) < 4.78 is 5.13. The molecule has 1 saturated carbocycles. The van der Waals surface area contributed by atoms with Crippen LogP contribution in [0.2, 0.25) is 0 Å². The fraction of sp³-hybridized carbons (Fsp3) is 0.333. The first kappa shape index (κ1) is 13.1. The molecule has 0 aliphatic heterocycles. The van der Waals surface area contributed by atoms with E-state index in [4.69, 9.17) is 4.74 Å². The first-order valence-corrected chi connectivity index (χ1v) is 7.51. The van der Waals surface area contributed by atoms with E-state index in [0.717, 1.165) is 35.6 Å². The average Bonchev–Trinajstić information content (AvgIpc) is 3.15. The van der Waals surface area contributed by atoms with Gasteiger partial charge in [-0.05, 0) is 30.5 Å². The summed E-state index contributed by atoms with van der Waals surface area (Å²) in [4.78, 5) is 16.3. The van der Waals surface area contributed by atoms with Gasteiger partial charge in [-0.2, -0.15) is 0 Å². The standard InChI is InChI=1S/C15H16N2O2S/c1-19-12-6-2-10(3-7-12)8-14-17-13(9-20-14)15(18)16-11-4-5-11/h2-3,6-7,9,11H,4-5,8H2,1H3,(H,16,18). The largest absolute Gasteiger partial charge is 0.497 e. The van der Waals surface area contributed by atoms with Crippen LogP contribution in [0.5, 0.6) is 5.75 Å². The Morgan fingerprint density at radius 3 is 2.80 bits per heavy atom. The number of methoxy groups -OCH3 is 1. The minimum Gasteiger partial charge on any atom is -0.497 e. The molecule has 1 aromatic heterocycles. The van der Waals surface area contributed by atoms with Gasteiger partial charge in [-0.3, -0.25) is 4.79 Å². The summed E-state index contributed by atoms with van der Waals surface area (Å²) in [5.74, 6) is 0.794. The first-order chi connectivity index (χ1) is 9.74. The number of carbonyl (C=O) groups is 1. The zero-order chi connectivity index (χ0) is 13.9. The van der Waals surface area contributed by atoms with Gasteiger partial charge in [0.1, 0.15) is 11.4 Å². The van der Waals surface area contributed by atoms with Crippen molar-refractivity contribution in [3.8, 4) is 5.75 Å². The van der Waals surface area contributed by atoms with E-state index in [9.17, 15) is 4.79 Å². The van der Waals surface area contributed by atoms with Crippen LogP contribution in [0.4, 0.5) is 0 Å². The second kappa shape index (κ2) is 5.63. The molecule has 104 valence electrons. The summed E-state index contributed by atoms with van der Waals surface area (Å²) in [6, 6.07) is 8.27. The SMILES string of the molecule is COc1ccc(Cc2nc(C(=O)NC3CC3)cs2)cc1. The van der Waals surface area contributed by atoms with Crippen molar-refractivity contribution in [1.82, 2.24) is 10.3 Å². The van der Waals surface area contributed by atoms with Crippen molar-refractivity contribution in [2.75, 3.05) is 7.11 Å². The van der Waals surface area contributed by atoms with Crippen molar-refractivity contribution >= 4 is 17.2 Å². The number of amides is 1. The number of benzene rings is 1. The first-order valence-electron chi connectivity index (χ1n) is 6.63. The third-order valence-corrected chi connectivity index (χ3v) is 4.06. The Morgan fingerprint density at radius 1 is 1.40 bits per heavy atom. The molecule has 1 N–H and O–H groups in total. The monoisotopic (exact) mass is 288 g/mol. The molecule has 1 amide bonds. The van der Waals surface area contributed by atoms with Gasteiger partial charge >= 0.3 is 0 Å². The van der Waals surface area contributed by atoms with Crippen molar-refractivity contribution in [2.24, 2.45) is 0 Å². The lowest BCUT2D eigenvalue weighted by Gasteiger charge is -2.01. The van der Waals surface area contributed by atoms with Crippen LogP contribution in [-0.2, 0) is 6.42 Å². The van der Waals surface area contributed by atoms with Crippen LogP contribution >= 0.6 is 11.3 Å². The Kier molecular flexibility index (Phi) is 3.69. The maximum atomic E-state index is 11.9. The van der Waals surface area contributed by atoms with E-state index in [-0.39, 0.29) is 5.91 Å².